The number of benzene rings is 3. The van der Waals surface area contributed by atoms with Crippen LogP contribution in [0.2, 0.25) is 0 Å². The average Bonchev–Trinajstić information content (AvgIpc) is 2.80. The van der Waals surface area contributed by atoms with Crippen molar-refractivity contribution >= 4 is 10.9 Å². The third kappa shape index (κ3) is 4.03. The Kier molecular flexibility index (Phi) is 6.01. The van der Waals surface area contributed by atoms with E-state index in [4.69, 9.17) is 4.98 Å². The third-order valence-electron chi connectivity index (χ3n) is 5.25. The van der Waals surface area contributed by atoms with Crippen LogP contribution in [0.25, 0.3) is 33.3 Å². The summed E-state index contributed by atoms with van der Waals surface area (Å²) in [6.45, 7) is 0.809. The molecule has 0 saturated carbocycles. The maximum atomic E-state index is 4.72. The van der Waals surface area contributed by atoms with Gasteiger partial charge in [-0.25, -0.2) is 4.98 Å². The molecular weight excluding hydrogens is 432 g/mol. The highest BCUT2D eigenvalue weighted by Crippen LogP contribution is 2.27. The van der Waals surface area contributed by atoms with Gasteiger partial charge in [-0.2, -0.15) is 4.57 Å². The number of pyridine rings is 2. The highest BCUT2D eigenvalue weighted by molar-refractivity contribution is 5.89. The van der Waals surface area contributed by atoms with Crippen molar-refractivity contribution in [3.8, 4) is 22.4 Å². The van der Waals surface area contributed by atoms with Crippen LogP contribution in [0.5, 0.6) is 0 Å². The second-order valence-corrected chi connectivity index (χ2v) is 7.16. The van der Waals surface area contributed by atoms with Crippen molar-refractivity contribution < 1.29 is 21.5 Å². The summed E-state index contributed by atoms with van der Waals surface area (Å²) in [5.74, 6) is 0. The predicted octanol–water partition coefficient (Wildman–Crippen LogP) is 2.91. The lowest BCUT2D eigenvalue weighted by molar-refractivity contribution is -0.676. The standard InChI is InChI=1S/C27H21N2.BrH/c1-3-8-21(9-4-1)20-29-19-17-24-12-7-18-28-26(24)27(29)25-15-13-23(14-16-25)22-10-5-2-6-11-22;/h1-19H,20H2;1H/q+1;/p-1. The Hall–Kier alpha value is -3.30. The summed E-state index contributed by atoms with van der Waals surface area (Å²) in [5, 5.41) is 1.15. The lowest BCUT2D eigenvalue weighted by Gasteiger charge is -2.09. The second kappa shape index (κ2) is 9.02. The zero-order valence-electron chi connectivity index (χ0n) is 16.4. The fraction of sp³-hybridized carbons (Fsp3) is 0.0370. The Bertz CT molecular complexity index is 1250. The molecular formula is C27H21BrN2. The highest BCUT2D eigenvalue weighted by atomic mass is 79.9. The van der Waals surface area contributed by atoms with E-state index < -0.39 is 0 Å². The molecule has 0 aliphatic rings. The minimum absolute atomic E-state index is 0. The number of fused-ring (bicyclic) bond motifs is 1. The molecule has 0 spiro atoms. The predicted molar refractivity (Wildman–Crippen MR) is 118 cm³/mol. The maximum absolute atomic E-state index is 4.72. The van der Waals surface area contributed by atoms with E-state index in [1.165, 1.54) is 22.3 Å². The number of hydrogen-bond acceptors (Lipinski definition) is 1. The summed E-state index contributed by atoms with van der Waals surface area (Å²) in [7, 11) is 0. The van der Waals surface area contributed by atoms with Gasteiger partial charge in [0.25, 0.3) is 0 Å². The van der Waals surface area contributed by atoms with Gasteiger partial charge in [-0.05, 0) is 29.3 Å². The Morgan fingerprint density at radius 3 is 1.97 bits per heavy atom. The number of nitrogens with zero attached hydrogens (tertiary/aromatic N) is 2. The molecule has 30 heavy (non-hydrogen) atoms. The fourth-order valence-corrected chi connectivity index (χ4v) is 3.80. The first-order valence-electron chi connectivity index (χ1n) is 9.85. The average molecular weight is 453 g/mol. The summed E-state index contributed by atoms with van der Waals surface area (Å²) in [6.07, 6.45) is 4.04. The van der Waals surface area contributed by atoms with Gasteiger partial charge in [0.15, 0.2) is 12.7 Å². The van der Waals surface area contributed by atoms with E-state index in [0.717, 1.165) is 23.1 Å². The molecule has 0 unspecified atom stereocenters. The molecule has 0 radical (unpaired) electrons. The van der Waals surface area contributed by atoms with E-state index in [9.17, 15) is 0 Å². The Morgan fingerprint density at radius 1 is 0.600 bits per heavy atom. The fourth-order valence-electron chi connectivity index (χ4n) is 3.80. The van der Waals surface area contributed by atoms with Crippen molar-refractivity contribution in [1.29, 1.82) is 0 Å². The van der Waals surface area contributed by atoms with Gasteiger partial charge in [0.05, 0.1) is 0 Å². The van der Waals surface area contributed by atoms with E-state index in [0.29, 0.717) is 0 Å². The van der Waals surface area contributed by atoms with E-state index in [2.05, 4.69) is 102 Å². The van der Waals surface area contributed by atoms with Crippen LogP contribution in [0.15, 0.2) is 116 Å². The van der Waals surface area contributed by atoms with Crippen LogP contribution < -0.4 is 21.5 Å². The van der Waals surface area contributed by atoms with Crippen LogP contribution in [-0.4, -0.2) is 4.98 Å². The molecule has 0 bridgehead atoms. The molecule has 3 heteroatoms. The minimum atomic E-state index is 0. The zero-order chi connectivity index (χ0) is 19.5. The van der Waals surface area contributed by atoms with Crippen LogP contribution in [-0.2, 0) is 6.54 Å². The SMILES string of the molecule is [Br-].c1ccc(C[n+]2ccc3cccnc3c2-c2ccc(-c3ccccc3)cc2)cc1. The van der Waals surface area contributed by atoms with E-state index >= 15 is 0 Å². The summed E-state index contributed by atoms with van der Waals surface area (Å²) in [5.41, 5.74) is 7.06. The van der Waals surface area contributed by atoms with Gasteiger partial charge in [0.1, 0.15) is 5.52 Å². The Labute approximate surface area is 187 Å². The third-order valence-corrected chi connectivity index (χ3v) is 5.25. The molecule has 146 valence electrons. The zero-order valence-corrected chi connectivity index (χ0v) is 18.0. The second-order valence-electron chi connectivity index (χ2n) is 7.16. The van der Waals surface area contributed by atoms with Gasteiger partial charge in [0.2, 0.25) is 5.69 Å². The quantitative estimate of drug-likeness (QED) is 0.383. The van der Waals surface area contributed by atoms with E-state index in [1.807, 2.05) is 18.3 Å². The summed E-state index contributed by atoms with van der Waals surface area (Å²) in [4.78, 5) is 4.72. The van der Waals surface area contributed by atoms with Crippen molar-refractivity contribution in [2.75, 3.05) is 0 Å². The number of aromatic nitrogens is 2. The first-order chi connectivity index (χ1) is 14.4. The van der Waals surface area contributed by atoms with Gasteiger partial charge in [-0.3, -0.25) is 0 Å². The largest absolute Gasteiger partial charge is 1.00 e. The highest BCUT2D eigenvalue weighted by Gasteiger charge is 2.19. The molecule has 0 atom stereocenters. The normalized spacial score (nSPS) is 10.5. The van der Waals surface area contributed by atoms with Crippen molar-refractivity contribution in [3.05, 3.63) is 121 Å². The van der Waals surface area contributed by atoms with Crippen molar-refractivity contribution in [2.24, 2.45) is 0 Å². The molecule has 0 fully saturated rings. The number of hydrogen-bond donors (Lipinski definition) is 0. The molecule has 2 aromatic heterocycles. The van der Waals surface area contributed by atoms with Gasteiger partial charge in [0, 0.05) is 28.8 Å². The molecule has 5 aromatic rings. The molecule has 2 nitrogen and oxygen atoms in total. The number of halogens is 1. The van der Waals surface area contributed by atoms with Crippen LogP contribution in [0, 0.1) is 0 Å². The summed E-state index contributed by atoms with van der Waals surface area (Å²) < 4.78 is 2.29. The first kappa shape index (κ1) is 20.0. The van der Waals surface area contributed by atoms with Crippen LogP contribution in [0.3, 0.4) is 0 Å². The summed E-state index contributed by atoms with van der Waals surface area (Å²) in [6, 6.07) is 36.1. The van der Waals surface area contributed by atoms with Gasteiger partial charge >= 0.3 is 0 Å². The van der Waals surface area contributed by atoms with Crippen molar-refractivity contribution in [2.45, 2.75) is 6.54 Å². The van der Waals surface area contributed by atoms with Gasteiger partial charge in [-0.15, -0.1) is 0 Å². The molecule has 3 aromatic carbocycles. The van der Waals surface area contributed by atoms with Gasteiger partial charge in [-0.1, -0.05) is 78.9 Å². The smallest absolute Gasteiger partial charge is 0.239 e. The van der Waals surface area contributed by atoms with Crippen molar-refractivity contribution in [3.63, 3.8) is 0 Å². The molecule has 0 N–H and O–H groups in total. The van der Waals surface area contributed by atoms with Crippen LogP contribution >= 0.6 is 0 Å². The van der Waals surface area contributed by atoms with E-state index in [1.54, 1.807) is 0 Å². The molecule has 2 heterocycles. The van der Waals surface area contributed by atoms with Crippen molar-refractivity contribution in [1.82, 2.24) is 4.98 Å². The maximum Gasteiger partial charge on any atom is 0.239 e. The Morgan fingerprint density at radius 2 is 1.23 bits per heavy atom. The van der Waals surface area contributed by atoms with E-state index in [-0.39, 0.29) is 17.0 Å². The molecule has 5 rings (SSSR count). The molecule has 0 amide bonds. The van der Waals surface area contributed by atoms with Gasteiger partial charge < -0.3 is 17.0 Å². The lowest BCUT2D eigenvalue weighted by Crippen LogP contribution is -3.00. The van der Waals surface area contributed by atoms with Crippen LogP contribution in [0.1, 0.15) is 5.56 Å². The number of rotatable bonds is 4. The minimum Gasteiger partial charge on any atom is -1.00 e. The molecule has 0 aliphatic carbocycles. The molecule has 0 aliphatic heterocycles. The lowest BCUT2D eigenvalue weighted by atomic mass is 10.0. The monoisotopic (exact) mass is 452 g/mol. The van der Waals surface area contributed by atoms with Crippen LogP contribution in [0.4, 0.5) is 0 Å². The molecule has 0 saturated heterocycles. The Balaban J connectivity index is 0.00000218. The summed E-state index contributed by atoms with van der Waals surface area (Å²) >= 11 is 0. The topological polar surface area (TPSA) is 16.8 Å². The first-order valence-corrected chi connectivity index (χ1v) is 9.85.